The van der Waals surface area contributed by atoms with Gasteiger partial charge in [-0.1, -0.05) is 0 Å². The van der Waals surface area contributed by atoms with Crippen LogP contribution in [-0.4, -0.2) is 22.2 Å². The molecule has 2 N–H and O–H groups in total. The summed E-state index contributed by atoms with van der Waals surface area (Å²) in [4.78, 5) is 24.5. The van der Waals surface area contributed by atoms with Crippen LogP contribution >= 0.6 is 34.4 Å². The number of rotatable bonds is 5. The topological polar surface area (TPSA) is 66.4 Å². The van der Waals surface area contributed by atoms with Crippen molar-refractivity contribution in [3.63, 3.8) is 0 Å². The molecule has 27 heavy (non-hydrogen) atoms. The van der Waals surface area contributed by atoms with Crippen LogP contribution in [0.25, 0.3) is 0 Å². The summed E-state index contributed by atoms with van der Waals surface area (Å²) in [5.74, 6) is -3.49. The average Bonchev–Trinajstić information content (AvgIpc) is 3.09. The highest BCUT2D eigenvalue weighted by Crippen LogP contribution is 2.39. The lowest BCUT2D eigenvalue weighted by Gasteiger charge is -2.13. The smallest absolute Gasteiger partial charge is 0.306 e. The molecule has 2 atom stereocenters. The molecule has 0 saturated heterocycles. The highest BCUT2D eigenvalue weighted by Gasteiger charge is 2.30. The molecular formula is C19H16F2INO3S. The fourth-order valence-electron chi connectivity index (χ4n) is 2.96. The summed E-state index contributed by atoms with van der Waals surface area (Å²) in [5, 5.41) is 11.9. The second kappa shape index (κ2) is 8.55. The maximum atomic E-state index is 13.3. The fourth-order valence-corrected chi connectivity index (χ4v) is 5.00. The van der Waals surface area contributed by atoms with Crippen molar-refractivity contribution in [2.45, 2.75) is 29.4 Å². The molecule has 142 valence electrons. The fraction of sp³-hybridized carbons (Fsp3) is 0.263. The number of thioether (sulfide) groups is 1. The van der Waals surface area contributed by atoms with Crippen molar-refractivity contribution in [2.24, 2.45) is 5.92 Å². The van der Waals surface area contributed by atoms with E-state index in [0.717, 1.165) is 27.0 Å². The van der Waals surface area contributed by atoms with E-state index >= 15 is 0 Å². The molecule has 3 rings (SSSR count). The first-order valence-electron chi connectivity index (χ1n) is 8.29. The molecule has 0 heterocycles. The third kappa shape index (κ3) is 4.98. The Morgan fingerprint density at radius 1 is 1.11 bits per heavy atom. The molecule has 1 aliphatic carbocycles. The Hall–Kier alpha value is -1.68. The van der Waals surface area contributed by atoms with Gasteiger partial charge in [0.15, 0.2) is 11.6 Å². The summed E-state index contributed by atoms with van der Waals surface area (Å²) in [5.41, 5.74) is 0.571. The number of nitrogens with one attached hydrogen (secondary N) is 1. The van der Waals surface area contributed by atoms with Gasteiger partial charge in [0.25, 0.3) is 5.91 Å². The van der Waals surface area contributed by atoms with Crippen LogP contribution in [0.3, 0.4) is 0 Å². The van der Waals surface area contributed by atoms with Crippen molar-refractivity contribution in [1.29, 1.82) is 0 Å². The van der Waals surface area contributed by atoms with Crippen LogP contribution in [0.1, 0.15) is 29.6 Å². The predicted octanol–water partition coefficient (Wildman–Crippen LogP) is 5.17. The van der Waals surface area contributed by atoms with Crippen LogP contribution in [-0.2, 0) is 4.79 Å². The summed E-state index contributed by atoms with van der Waals surface area (Å²) in [6.07, 6.45) is 2.10. The van der Waals surface area contributed by atoms with Crippen LogP contribution in [0.15, 0.2) is 41.3 Å². The predicted molar refractivity (Wildman–Crippen MR) is 108 cm³/mol. The molecule has 0 radical (unpaired) electrons. The van der Waals surface area contributed by atoms with Crippen LogP contribution in [0.4, 0.5) is 14.5 Å². The van der Waals surface area contributed by atoms with Gasteiger partial charge in [-0.3, -0.25) is 9.59 Å². The summed E-state index contributed by atoms with van der Waals surface area (Å²) >= 11 is 3.76. The quantitative estimate of drug-likeness (QED) is 0.553. The standard InChI is InChI=1S/C19H16F2INO3S/c20-14-5-3-12(9-15(14)21)23-18(24)10-2-6-16(22)17(8-10)27-13-4-1-11(7-13)19(25)26/h2-3,5-6,8-9,11,13H,1,4,7H2,(H,23,24)(H,25,26). The first kappa shape index (κ1) is 20.1. The molecule has 2 aromatic carbocycles. The van der Waals surface area contributed by atoms with E-state index in [4.69, 9.17) is 5.11 Å². The Morgan fingerprint density at radius 3 is 2.56 bits per heavy atom. The van der Waals surface area contributed by atoms with E-state index < -0.39 is 23.5 Å². The van der Waals surface area contributed by atoms with Gasteiger partial charge in [-0.15, -0.1) is 11.8 Å². The number of carbonyl (C=O) groups excluding carboxylic acids is 1. The minimum atomic E-state index is -1.03. The van der Waals surface area contributed by atoms with Crippen molar-refractivity contribution in [2.75, 3.05) is 5.32 Å². The number of hydrogen-bond acceptors (Lipinski definition) is 3. The molecule has 0 bridgehead atoms. The summed E-state index contributed by atoms with van der Waals surface area (Å²) in [6, 6.07) is 8.40. The van der Waals surface area contributed by atoms with Crippen LogP contribution in [0.2, 0.25) is 0 Å². The van der Waals surface area contributed by atoms with Crippen molar-refractivity contribution < 1.29 is 23.5 Å². The molecule has 1 fully saturated rings. The normalized spacial score (nSPS) is 19.1. The lowest BCUT2D eigenvalue weighted by molar-refractivity contribution is -0.141. The molecular weight excluding hydrogens is 487 g/mol. The van der Waals surface area contributed by atoms with E-state index in [1.54, 1.807) is 23.9 Å². The minimum Gasteiger partial charge on any atom is -0.481 e. The highest BCUT2D eigenvalue weighted by molar-refractivity contribution is 14.1. The molecule has 2 unspecified atom stereocenters. The second-order valence-corrected chi connectivity index (χ2v) is 8.82. The van der Waals surface area contributed by atoms with Gasteiger partial charge in [0, 0.05) is 31.0 Å². The van der Waals surface area contributed by atoms with Gasteiger partial charge >= 0.3 is 5.97 Å². The van der Waals surface area contributed by atoms with E-state index in [2.05, 4.69) is 27.9 Å². The molecule has 0 aromatic heterocycles. The van der Waals surface area contributed by atoms with Gasteiger partial charge in [0.05, 0.1) is 5.92 Å². The SMILES string of the molecule is O=C(Nc1ccc(F)c(F)c1)c1ccc(I)c(SC2CCC(C(=O)O)C2)c1. The highest BCUT2D eigenvalue weighted by atomic mass is 127. The van der Waals surface area contributed by atoms with E-state index in [-0.39, 0.29) is 16.9 Å². The maximum Gasteiger partial charge on any atom is 0.306 e. The molecule has 1 saturated carbocycles. The monoisotopic (exact) mass is 503 g/mol. The Bertz CT molecular complexity index is 893. The van der Waals surface area contributed by atoms with Crippen molar-refractivity contribution in [1.82, 2.24) is 0 Å². The van der Waals surface area contributed by atoms with Gasteiger partial charge in [-0.2, -0.15) is 0 Å². The number of amides is 1. The second-order valence-electron chi connectivity index (χ2n) is 6.32. The van der Waals surface area contributed by atoms with Gasteiger partial charge in [-0.25, -0.2) is 8.78 Å². The number of hydrogen-bond donors (Lipinski definition) is 2. The van der Waals surface area contributed by atoms with E-state index in [9.17, 15) is 18.4 Å². The number of benzene rings is 2. The third-order valence-electron chi connectivity index (χ3n) is 4.40. The van der Waals surface area contributed by atoms with Gasteiger partial charge in [0.1, 0.15) is 0 Å². The zero-order valence-corrected chi connectivity index (χ0v) is 17.0. The Morgan fingerprint density at radius 2 is 1.89 bits per heavy atom. The molecule has 2 aromatic rings. The van der Waals surface area contributed by atoms with Gasteiger partial charge < -0.3 is 10.4 Å². The van der Waals surface area contributed by atoms with Gasteiger partial charge in [0.2, 0.25) is 0 Å². The number of carboxylic acid groups (broad SMARTS) is 1. The van der Waals surface area contributed by atoms with E-state index in [1.165, 1.54) is 6.07 Å². The van der Waals surface area contributed by atoms with Crippen molar-refractivity contribution in [3.8, 4) is 0 Å². The number of aliphatic carboxylic acids is 1. The summed E-state index contributed by atoms with van der Waals surface area (Å²) in [7, 11) is 0. The number of carbonyl (C=O) groups is 2. The van der Waals surface area contributed by atoms with Crippen molar-refractivity contribution in [3.05, 3.63) is 57.2 Å². The van der Waals surface area contributed by atoms with Crippen LogP contribution in [0.5, 0.6) is 0 Å². The largest absolute Gasteiger partial charge is 0.481 e. The number of carboxylic acids is 1. The minimum absolute atomic E-state index is 0.173. The molecule has 8 heteroatoms. The Kier molecular flexibility index (Phi) is 6.36. The number of anilines is 1. The lowest BCUT2D eigenvalue weighted by Crippen LogP contribution is -2.13. The molecule has 1 aliphatic rings. The first-order chi connectivity index (χ1) is 12.8. The average molecular weight is 503 g/mol. The Balaban J connectivity index is 1.71. The first-order valence-corrected chi connectivity index (χ1v) is 10.2. The van der Waals surface area contributed by atoms with Gasteiger partial charge in [-0.05, 0) is 72.2 Å². The number of halogens is 3. The molecule has 0 spiro atoms. The molecule has 0 aliphatic heterocycles. The summed E-state index contributed by atoms with van der Waals surface area (Å²) in [6.45, 7) is 0. The van der Waals surface area contributed by atoms with Crippen LogP contribution < -0.4 is 5.32 Å². The van der Waals surface area contributed by atoms with Crippen LogP contribution in [0, 0.1) is 21.1 Å². The zero-order valence-electron chi connectivity index (χ0n) is 14.0. The lowest BCUT2D eigenvalue weighted by atomic mass is 10.1. The van der Waals surface area contributed by atoms with E-state index in [1.807, 2.05) is 6.07 Å². The van der Waals surface area contributed by atoms with E-state index in [0.29, 0.717) is 18.4 Å². The molecule has 4 nitrogen and oxygen atoms in total. The third-order valence-corrected chi connectivity index (χ3v) is 7.06. The Labute approximate surface area is 172 Å². The summed E-state index contributed by atoms with van der Waals surface area (Å²) < 4.78 is 27.3. The molecule has 1 amide bonds. The zero-order chi connectivity index (χ0) is 19.6. The van der Waals surface area contributed by atoms with Crippen molar-refractivity contribution >= 4 is 51.9 Å². The maximum absolute atomic E-state index is 13.3.